The molecule has 0 aliphatic heterocycles. The zero-order valence-corrected chi connectivity index (χ0v) is 9.06. The summed E-state index contributed by atoms with van der Waals surface area (Å²) in [5.74, 6) is 0.128. The van der Waals surface area contributed by atoms with Crippen molar-refractivity contribution in [3.63, 3.8) is 0 Å². The van der Waals surface area contributed by atoms with Crippen LogP contribution in [0.2, 0.25) is 0 Å². The number of H-pyrrole nitrogens is 1. The number of hydrogen-bond donors (Lipinski definition) is 2. The summed E-state index contributed by atoms with van der Waals surface area (Å²) in [5.41, 5.74) is -0.412. The highest BCUT2D eigenvalue weighted by Crippen LogP contribution is 2.09. The van der Waals surface area contributed by atoms with Crippen molar-refractivity contribution in [2.75, 3.05) is 11.8 Å². The first-order valence-electron chi connectivity index (χ1n) is 3.91. The van der Waals surface area contributed by atoms with Crippen molar-refractivity contribution in [3.8, 4) is 0 Å². The molecule has 0 saturated carbocycles. The second kappa shape index (κ2) is 4.61. The van der Waals surface area contributed by atoms with Gasteiger partial charge >= 0.3 is 0 Å². The molecule has 2 N–H and O–H groups in total. The minimum atomic E-state index is -0.626. The lowest BCUT2D eigenvalue weighted by Crippen LogP contribution is -2.49. The number of carbonyl (C=O) groups is 1. The van der Waals surface area contributed by atoms with Crippen molar-refractivity contribution in [1.29, 1.82) is 0 Å². The van der Waals surface area contributed by atoms with E-state index in [1.807, 2.05) is 0 Å². The molecule has 0 saturated heterocycles. The molecule has 0 radical (unpaired) electrons. The molecular formula is C7H10Cl2N4O. The number of rotatable bonds is 4. The molecule has 5 nitrogen and oxygen atoms in total. The fourth-order valence-corrected chi connectivity index (χ4v) is 1.17. The zero-order chi connectivity index (χ0) is 10.6. The first-order chi connectivity index (χ1) is 6.61. The Kier molecular flexibility index (Phi) is 3.71. The van der Waals surface area contributed by atoms with Gasteiger partial charge in [-0.25, -0.2) is 0 Å². The summed E-state index contributed by atoms with van der Waals surface area (Å²) in [4.78, 5) is 11.5. The van der Waals surface area contributed by atoms with Crippen molar-refractivity contribution >= 4 is 29.1 Å². The van der Waals surface area contributed by atoms with E-state index in [4.69, 9.17) is 23.2 Å². The highest BCUT2D eigenvalue weighted by molar-refractivity contribution is 6.22. The summed E-state index contributed by atoms with van der Waals surface area (Å²) in [6.45, 7) is 1.75. The quantitative estimate of drug-likeness (QED) is 0.760. The Hall–Kier alpha value is -0.810. The van der Waals surface area contributed by atoms with E-state index in [0.29, 0.717) is 0 Å². The van der Waals surface area contributed by atoms with E-state index in [2.05, 4.69) is 20.7 Å². The van der Waals surface area contributed by atoms with Gasteiger partial charge in [0, 0.05) is 11.8 Å². The van der Waals surface area contributed by atoms with E-state index in [9.17, 15) is 4.79 Å². The maximum Gasteiger partial charge on any atom is 0.273 e. The minimum absolute atomic E-state index is 0.214. The number of amides is 1. The van der Waals surface area contributed by atoms with Crippen LogP contribution < -0.4 is 5.32 Å². The predicted octanol–water partition coefficient (Wildman–Crippen LogP) is 0.771. The van der Waals surface area contributed by atoms with E-state index >= 15 is 0 Å². The third-order valence-corrected chi connectivity index (χ3v) is 2.83. The number of aromatic amines is 1. The minimum Gasteiger partial charge on any atom is -0.343 e. The number of halogens is 2. The second-order valence-electron chi connectivity index (χ2n) is 3.14. The van der Waals surface area contributed by atoms with E-state index in [1.165, 1.54) is 6.20 Å². The first kappa shape index (κ1) is 11.3. The molecule has 0 atom stereocenters. The average molecular weight is 237 g/mol. The molecule has 1 rings (SSSR count). The third kappa shape index (κ3) is 2.59. The van der Waals surface area contributed by atoms with Gasteiger partial charge in [0.15, 0.2) is 5.69 Å². The topological polar surface area (TPSA) is 70.7 Å². The summed E-state index contributed by atoms with van der Waals surface area (Å²) in [5, 5.41) is 12.2. The van der Waals surface area contributed by atoms with Crippen molar-refractivity contribution in [2.45, 2.75) is 12.5 Å². The Morgan fingerprint density at radius 3 is 2.71 bits per heavy atom. The van der Waals surface area contributed by atoms with Gasteiger partial charge in [0.1, 0.15) is 0 Å². The highest BCUT2D eigenvalue weighted by atomic mass is 35.5. The van der Waals surface area contributed by atoms with E-state index in [0.717, 1.165) is 0 Å². The molecule has 0 spiro atoms. The zero-order valence-electron chi connectivity index (χ0n) is 7.55. The van der Waals surface area contributed by atoms with Crippen LogP contribution in [-0.2, 0) is 0 Å². The molecule has 0 fully saturated rings. The summed E-state index contributed by atoms with van der Waals surface area (Å²) >= 11 is 11.3. The Labute approximate surface area is 91.2 Å². The molecule has 1 amide bonds. The van der Waals surface area contributed by atoms with Crippen molar-refractivity contribution < 1.29 is 4.79 Å². The van der Waals surface area contributed by atoms with Crippen molar-refractivity contribution in [2.24, 2.45) is 0 Å². The third-order valence-electron chi connectivity index (χ3n) is 1.65. The van der Waals surface area contributed by atoms with Gasteiger partial charge in [-0.3, -0.25) is 4.79 Å². The fourth-order valence-electron chi connectivity index (χ4n) is 0.752. The number of nitrogens with zero attached hydrogens (tertiary/aromatic N) is 2. The van der Waals surface area contributed by atoms with Crippen LogP contribution in [0.4, 0.5) is 0 Å². The number of hydrogen-bond acceptors (Lipinski definition) is 3. The molecule has 0 bridgehead atoms. The number of carbonyl (C=O) groups excluding carboxylic acids is 1. The van der Waals surface area contributed by atoms with Gasteiger partial charge < -0.3 is 5.32 Å². The maximum absolute atomic E-state index is 11.5. The van der Waals surface area contributed by atoms with Crippen LogP contribution in [0, 0.1) is 0 Å². The van der Waals surface area contributed by atoms with Crippen molar-refractivity contribution in [1.82, 2.24) is 20.7 Å². The van der Waals surface area contributed by atoms with Gasteiger partial charge in [-0.1, -0.05) is 0 Å². The normalized spacial score (nSPS) is 11.4. The number of nitrogens with one attached hydrogen (secondary N) is 2. The molecule has 1 heterocycles. The molecule has 78 valence electrons. The molecule has 0 aliphatic rings. The summed E-state index contributed by atoms with van der Waals surface area (Å²) in [6.07, 6.45) is 1.33. The molecule has 1 aromatic heterocycles. The standard InChI is InChI=1S/C7H10Cl2N4O/c1-7(3-8,4-9)11-6(14)5-2-10-13-12-5/h2H,3-4H2,1H3,(H,11,14)(H,10,12,13). The molecule has 0 aliphatic carbocycles. The van der Waals surface area contributed by atoms with E-state index < -0.39 is 5.54 Å². The lowest BCUT2D eigenvalue weighted by Gasteiger charge is -2.25. The predicted molar refractivity (Wildman–Crippen MR) is 53.7 cm³/mol. The van der Waals surface area contributed by atoms with Gasteiger partial charge in [-0.2, -0.15) is 15.4 Å². The monoisotopic (exact) mass is 236 g/mol. The number of alkyl halides is 2. The van der Waals surface area contributed by atoms with E-state index in [1.54, 1.807) is 6.92 Å². The fraction of sp³-hybridized carbons (Fsp3) is 0.571. The lowest BCUT2D eigenvalue weighted by atomic mass is 10.1. The molecule has 0 aromatic carbocycles. The Balaban J connectivity index is 2.65. The van der Waals surface area contributed by atoms with Crippen LogP contribution >= 0.6 is 23.2 Å². The van der Waals surface area contributed by atoms with Crippen LogP contribution in [0.1, 0.15) is 17.4 Å². The largest absolute Gasteiger partial charge is 0.343 e. The first-order valence-corrected chi connectivity index (χ1v) is 4.98. The van der Waals surface area contributed by atoms with Crippen molar-refractivity contribution in [3.05, 3.63) is 11.9 Å². The molecule has 1 aromatic rings. The second-order valence-corrected chi connectivity index (χ2v) is 3.67. The summed E-state index contributed by atoms with van der Waals surface area (Å²) < 4.78 is 0. The Morgan fingerprint density at radius 1 is 1.64 bits per heavy atom. The van der Waals surface area contributed by atoms with Gasteiger partial charge in [0.2, 0.25) is 0 Å². The SMILES string of the molecule is CC(CCl)(CCl)NC(=O)c1cn[nH]n1. The van der Waals surface area contributed by atoms with Crippen LogP contribution in [-0.4, -0.2) is 38.6 Å². The molecule has 0 unspecified atom stereocenters. The average Bonchev–Trinajstić information content (AvgIpc) is 2.70. The van der Waals surface area contributed by atoms with Crippen LogP contribution in [0.15, 0.2) is 6.20 Å². The van der Waals surface area contributed by atoms with Crippen LogP contribution in [0.25, 0.3) is 0 Å². The van der Waals surface area contributed by atoms with E-state index in [-0.39, 0.29) is 23.4 Å². The lowest BCUT2D eigenvalue weighted by molar-refractivity contribution is 0.0916. The molecule has 14 heavy (non-hydrogen) atoms. The smallest absolute Gasteiger partial charge is 0.273 e. The Morgan fingerprint density at radius 2 is 2.29 bits per heavy atom. The number of aromatic nitrogens is 3. The Bertz CT molecular complexity index is 297. The summed E-state index contributed by atoms with van der Waals surface area (Å²) in [6, 6.07) is 0. The highest BCUT2D eigenvalue weighted by Gasteiger charge is 2.25. The summed E-state index contributed by atoms with van der Waals surface area (Å²) in [7, 11) is 0. The molecule has 7 heteroatoms. The molecular weight excluding hydrogens is 227 g/mol. The maximum atomic E-state index is 11.5. The van der Waals surface area contributed by atoms with Gasteiger partial charge in [-0.15, -0.1) is 23.2 Å². The van der Waals surface area contributed by atoms with Crippen LogP contribution in [0.5, 0.6) is 0 Å². The van der Waals surface area contributed by atoms with Gasteiger partial charge in [0.05, 0.1) is 11.7 Å². The van der Waals surface area contributed by atoms with Gasteiger partial charge in [0.25, 0.3) is 5.91 Å². The van der Waals surface area contributed by atoms with Gasteiger partial charge in [-0.05, 0) is 6.92 Å². The van der Waals surface area contributed by atoms with Crippen LogP contribution in [0.3, 0.4) is 0 Å².